The Balaban J connectivity index is 2.30. The predicted octanol–water partition coefficient (Wildman–Crippen LogP) is 2.72. The van der Waals surface area contributed by atoms with Crippen molar-refractivity contribution >= 4 is 10.0 Å². The van der Waals surface area contributed by atoms with Crippen molar-refractivity contribution in [1.29, 1.82) is 0 Å². The molecule has 0 N–H and O–H groups in total. The fraction of sp³-hybridized carbons (Fsp3) is 0.647. The molecule has 0 saturated carbocycles. The maximum Gasteiger partial charge on any atom is 0.243 e. The van der Waals surface area contributed by atoms with Gasteiger partial charge in [-0.05, 0) is 51.4 Å². The van der Waals surface area contributed by atoms with E-state index in [4.69, 9.17) is 0 Å². The zero-order valence-corrected chi connectivity index (χ0v) is 15.2. The zero-order valence-electron chi connectivity index (χ0n) is 14.4. The van der Waals surface area contributed by atoms with E-state index in [1.54, 1.807) is 4.31 Å². The van der Waals surface area contributed by atoms with Gasteiger partial charge >= 0.3 is 0 Å². The van der Waals surface area contributed by atoms with Crippen LogP contribution in [0.15, 0.2) is 17.0 Å². The van der Waals surface area contributed by atoms with E-state index in [-0.39, 0.29) is 0 Å². The van der Waals surface area contributed by atoms with Crippen molar-refractivity contribution in [3.05, 3.63) is 28.8 Å². The van der Waals surface area contributed by atoms with Gasteiger partial charge in [-0.25, -0.2) is 8.42 Å². The maximum absolute atomic E-state index is 13.0. The first-order chi connectivity index (χ1) is 10.3. The van der Waals surface area contributed by atoms with E-state index in [0.717, 1.165) is 36.2 Å². The molecule has 22 heavy (non-hydrogen) atoms. The van der Waals surface area contributed by atoms with Crippen LogP contribution in [-0.2, 0) is 10.0 Å². The molecule has 1 aliphatic heterocycles. The molecule has 1 heterocycles. The van der Waals surface area contributed by atoms with Crippen LogP contribution in [0.2, 0.25) is 0 Å². The summed E-state index contributed by atoms with van der Waals surface area (Å²) in [5.41, 5.74) is 2.81. The van der Waals surface area contributed by atoms with E-state index >= 15 is 0 Å². The van der Waals surface area contributed by atoms with Gasteiger partial charge in [0.1, 0.15) is 0 Å². The third-order valence-electron chi connectivity index (χ3n) is 4.66. The van der Waals surface area contributed by atoms with Gasteiger partial charge in [-0.2, -0.15) is 4.31 Å². The monoisotopic (exact) mass is 324 g/mol. The van der Waals surface area contributed by atoms with Crippen LogP contribution >= 0.6 is 0 Å². The lowest BCUT2D eigenvalue weighted by molar-refractivity contribution is 0.224. The average molecular weight is 324 g/mol. The Bertz CT molecular complexity index is 613. The number of hydrogen-bond donors (Lipinski definition) is 0. The van der Waals surface area contributed by atoms with Gasteiger partial charge in [-0.15, -0.1) is 0 Å². The molecule has 124 valence electrons. The molecule has 4 nitrogen and oxygen atoms in total. The SMILES string of the molecule is CCN(CC)C1CCN(S(=O)(=O)c2c(C)cc(C)cc2C)C1. The second kappa shape index (κ2) is 6.69. The molecular weight excluding hydrogens is 296 g/mol. The quantitative estimate of drug-likeness (QED) is 0.836. The lowest BCUT2D eigenvalue weighted by atomic mass is 10.1. The Morgan fingerprint density at radius 2 is 1.68 bits per heavy atom. The highest BCUT2D eigenvalue weighted by molar-refractivity contribution is 7.89. The summed E-state index contributed by atoms with van der Waals surface area (Å²) >= 11 is 0. The third-order valence-corrected chi connectivity index (χ3v) is 6.83. The lowest BCUT2D eigenvalue weighted by Crippen LogP contribution is -2.38. The van der Waals surface area contributed by atoms with E-state index < -0.39 is 10.0 Å². The van der Waals surface area contributed by atoms with E-state index in [1.165, 1.54) is 0 Å². The summed E-state index contributed by atoms with van der Waals surface area (Å²) in [4.78, 5) is 2.85. The molecule has 1 aromatic carbocycles. The Labute approximate surface area is 135 Å². The molecule has 0 radical (unpaired) electrons. The van der Waals surface area contributed by atoms with Crippen LogP contribution in [0.25, 0.3) is 0 Å². The van der Waals surface area contributed by atoms with Gasteiger partial charge in [0.25, 0.3) is 0 Å². The summed E-state index contributed by atoms with van der Waals surface area (Å²) in [6.07, 6.45) is 0.921. The van der Waals surface area contributed by atoms with Crippen LogP contribution < -0.4 is 0 Å². The number of likely N-dealkylation sites (N-methyl/N-ethyl adjacent to an activating group) is 1. The summed E-state index contributed by atoms with van der Waals surface area (Å²) in [7, 11) is -3.39. The number of sulfonamides is 1. The van der Waals surface area contributed by atoms with Crippen molar-refractivity contribution < 1.29 is 8.42 Å². The lowest BCUT2D eigenvalue weighted by Gasteiger charge is -2.26. The molecule has 1 aliphatic rings. The smallest absolute Gasteiger partial charge is 0.243 e. The second-order valence-electron chi connectivity index (χ2n) is 6.25. The number of aryl methyl sites for hydroxylation is 3. The van der Waals surface area contributed by atoms with Gasteiger partial charge in [0, 0.05) is 19.1 Å². The van der Waals surface area contributed by atoms with Crippen LogP contribution in [0, 0.1) is 20.8 Å². The minimum atomic E-state index is -3.39. The Morgan fingerprint density at radius 1 is 1.14 bits per heavy atom. The van der Waals surface area contributed by atoms with Crippen molar-refractivity contribution in [2.24, 2.45) is 0 Å². The van der Waals surface area contributed by atoms with Gasteiger partial charge in [0.15, 0.2) is 0 Å². The summed E-state index contributed by atoms with van der Waals surface area (Å²) in [5.74, 6) is 0. The van der Waals surface area contributed by atoms with Gasteiger partial charge in [0.05, 0.1) is 4.90 Å². The summed E-state index contributed by atoms with van der Waals surface area (Å²) in [5, 5.41) is 0. The van der Waals surface area contributed by atoms with E-state index in [2.05, 4.69) is 18.7 Å². The minimum absolute atomic E-state index is 0.343. The molecule has 0 aromatic heterocycles. The first-order valence-corrected chi connectivity index (χ1v) is 9.57. The predicted molar refractivity (Wildman–Crippen MR) is 90.7 cm³/mol. The summed E-state index contributed by atoms with van der Waals surface area (Å²) in [6, 6.07) is 4.26. The largest absolute Gasteiger partial charge is 0.300 e. The van der Waals surface area contributed by atoms with Crippen LogP contribution in [0.3, 0.4) is 0 Å². The highest BCUT2D eigenvalue weighted by atomic mass is 32.2. The summed E-state index contributed by atoms with van der Waals surface area (Å²) in [6.45, 7) is 13.2. The molecule has 0 aliphatic carbocycles. The van der Waals surface area contributed by atoms with Crippen molar-refractivity contribution in [3.8, 4) is 0 Å². The normalized spacial score (nSPS) is 20.0. The molecule has 1 saturated heterocycles. The van der Waals surface area contributed by atoms with E-state index in [0.29, 0.717) is 24.0 Å². The van der Waals surface area contributed by atoms with Gasteiger partial charge in [-0.1, -0.05) is 31.5 Å². The molecular formula is C17H28N2O2S. The first kappa shape index (κ1) is 17.4. The zero-order chi connectivity index (χ0) is 16.5. The first-order valence-electron chi connectivity index (χ1n) is 8.13. The van der Waals surface area contributed by atoms with E-state index in [1.807, 2.05) is 32.9 Å². The Hall–Kier alpha value is -0.910. The van der Waals surface area contributed by atoms with Crippen LogP contribution in [0.4, 0.5) is 0 Å². The molecule has 1 fully saturated rings. The maximum atomic E-state index is 13.0. The second-order valence-corrected chi connectivity index (χ2v) is 8.13. The van der Waals surface area contributed by atoms with Crippen LogP contribution in [0.5, 0.6) is 0 Å². The number of rotatable bonds is 5. The Morgan fingerprint density at radius 3 is 2.18 bits per heavy atom. The number of nitrogens with zero attached hydrogens (tertiary/aromatic N) is 2. The summed E-state index contributed by atoms with van der Waals surface area (Å²) < 4.78 is 27.7. The topological polar surface area (TPSA) is 40.6 Å². The molecule has 0 amide bonds. The standard InChI is InChI=1S/C17H28N2O2S/c1-6-18(7-2)16-8-9-19(12-16)22(20,21)17-14(4)10-13(3)11-15(17)5/h10-11,16H,6-9,12H2,1-5H3. The molecule has 0 spiro atoms. The molecule has 0 bridgehead atoms. The van der Waals surface area contributed by atoms with Gasteiger partial charge in [0.2, 0.25) is 10.0 Å². The van der Waals surface area contributed by atoms with E-state index in [9.17, 15) is 8.42 Å². The molecule has 1 atom stereocenters. The van der Waals surface area contributed by atoms with Crippen molar-refractivity contribution in [1.82, 2.24) is 9.21 Å². The van der Waals surface area contributed by atoms with Crippen LogP contribution in [0.1, 0.15) is 37.0 Å². The Kier molecular flexibility index (Phi) is 5.30. The third kappa shape index (κ3) is 3.21. The fourth-order valence-electron chi connectivity index (χ4n) is 3.67. The molecule has 1 aromatic rings. The number of benzene rings is 1. The average Bonchev–Trinajstić information content (AvgIpc) is 2.89. The van der Waals surface area contributed by atoms with Gasteiger partial charge in [-0.3, -0.25) is 4.90 Å². The van der Waals surface area contributed by atoms with Crippen LogP contribution in [-0.4, -0.2) is 49.8 Å². The van der Waals surface area contributed by atoms with Gasteiger partial charge < -0.3 is 0 Å². The van der Waals surface area contributed by atoms with Crippen molar-refractivity contribution in [2.75, 3.05) is 26.2 Å². The molecule has 2 rings (SSSR count). The minimum Gasteiger partial charge on any atom is -0.300 e. The highest BCUT2D eigenvalue weighted by Crippen LogP contribution is 2.28. The van der Waals surface area contributed by atoms with Crippen molar-refractivity contribution in [2.45, 2.75) is 52.0 Å². The number of hydrogen-bond acceptors (Lipinski definition) is 3. The van der Waals surface area contributed by atoms with Crippen molar-refractivity contribution in [3.63, 3.8) is 0 Å². The molecule has 5 heteroatoms. The highest BCUT2D eigenvalue weighted by Gasteiger charge is 2.35. The molecule has 1 unspecified atom stereocenters. The fourth-order valence-corrected chi connectivity index (χ4v) is 5.57.